The molecule has 2 aliphatic heterocycles. The average molecular weight is 442 g/mol. The van der Waals surface area contributed by atoms with Crippen molar-refractivity contribution >= 4 is 29.4 Å². The molecule has 0 radical (unpaired) electrons. The van der Waals surface area contributed by atoms with Gasteiger partial charge in [-0.15, -0.1) is 11.8 Å². The number of urea groups is 1. The molecule has 2 fully saturated rings. The van der Waals surface area contributed by atoms with Crippen molar-refractivity contribution in [2.45, 2.75) is 30.4 Å². The number of methoxy groups -OCH3 is 1. The van der Waals surface area contributed by atoms with Gasteiger partial charge >= 0.3 is 6.03 Å². The van der Waals surface area contributed by atoms with E-state index < -0.39 is 6.04 Å². The van der Waals surface area contributed by atoms with Crippen LogP contribution in [-0.4, -0.2) is 55.0 Å². The van der Waals surface area contributed by atoms with E-state index in [-0.39, 0.29) is 23.4 Å². The van der Waals surface area contributed by atoms with E-state index in [2.05, 4.69) is 10.6 Å². The van der Waals surface area contributed by atoms with E-state index in [4.69, 9.17) is 9.47 Å². The molecule has 0 aromatic heterocycles. The number of anilines is 1. The van der Waals surface area contributed by atoms with Crippen LogP contribution in [0, 0.1) is 0 Å². The summed E-state index contributed by atoms with van der Waals surface area (Å²) >= 11 is 1.59. The Kier molecular flexibility index (Phi) is 6.99. The second-order valence-corrected chi connectivity index (χ2v) is 8.64. The van der Waals surface area contributed by atoms with Gasteiger partial charge in [-0.1, -0.05) is 42.5 Å². The first-order valence-electron chi connectivity index (χ1n) is 10.5. The highest BCUT2D eigenvalue weighted by molar-refractivity contribution is 7.99. The Morgan fingerprint density at radius 1 is 1.16 bits per heavy atom. The zero-order valence-electron chi connectivity index (χ0n) is 17.5. The Morgan fingerprint density at radius 2 is 1.94 bits per heavy atom. The van der Waals surface area contributed by atoms with E-state index in [9.17, 15) is 9.59 Å². The van der Waals surface area contributed by atoms with Gasteiger partial charge in [0.1, 0.15) is 17.2 Å². The number of para-hydroxylation sites is 2. The molecule has 2 aromatic rings. The molecule has 2 aromatic carbocycles. The van der Waals surface area contributed by atoms with Crippen LogP contribution < -0.4 is 15.4 Å². The first kappa shape index (κ1) is 21.5. The predicted molar refractivity (Wildman–Crippen MR) is 121 cm³/mol. The highest BCUT2D eigenvalue weighted by atomic mass is 32.2. The molecule has 4 rings (SSSR count). The van der Waals surface area contributed by atoms with Crippen molar-refractivity contribution in [3.8, 4) is 5.75 Å². The number of rotatable bonds is 6. The van der Waals surface area contributed by atoms with E-state index in [1.165, 1.54) is 0 Å². The number of nitrogens with zero attached hydrogens (tertiary/aromatic N) is 1. The number of thioether (sulfide) groups is 1. The third-order valence-electron chi connectivity index (χ3n) is 5.50. The molecule has 7 nitrogen and oxygen atoms in total. The third kappa shape index (κ3) is 4.97. The molecule has 0 bridgehead atoms. The van der Waals surface area contributed by atoms with E-state index in [1.54, 1.807) is 35.9 Å². The normalized spacial score (nSPS) is 22.9. The lowest BCUT2D eigenvalue weighted by atomic mass is 10.1. The minimum atomic E-state index is -0.577. The molecule has 0 spiro atoms. The maximum absolute atomic E-state index is 13.4. The van der Waals surface area contributed by atoms with Crippen molar-refractivity contribution in [2.75, 3.05) is 31.3 Å². The lowest BCUT2D eigenvalue weighted by Gasteiger charge is -2.29. The first-order valence-corrected chi connectivity index (χ1v) is 11.5. The molecule has 3 amide bonds. The van der Waals surface area contributed by atoms with Crippen LogP contribution in [0.25, 0.3) is 0 Å². The van der Waals surface area contributed by atoms with Crippen LogP contribution in [0.2, 0.25) is 0 Å². The van der Waals surface area contributed by atoms with Gasteiger partial charge in [-0.05, 0) is 30.5 Å². The highest BCUT2D eigenvalue weighted by Gasteiger charge is 2.42. The number of benzene rings is 2. The molecule has 31 heavy (non-hydrogen) atoms. The van der Waals surface area contributed by atoms with Crippen LogP contribution in [-0.2, 0) is 9.53 Å². The quantitative estimate of drug-likeness (QED) is 0.716. The number of ether oxygens (including phenoxy) is 2. The molecule has 2 saturated heterocycles. The van der Waals surface area contributed by atoms with Crippen molar-refractivity contribution in [1.82, 2.24) is 10.2 Å². The SMILES string of the molecule is COc1ccccc1NC(=O)N1C(C(=O)NCC2CCCO2)CSC1c1ccccc1. The first-order chi connectivity index (χ1) is 15.2. The molecule has 0 aliphatic carbocycles. The average Bonchev–Trinajstić information content (AvgIpc) is 3.48. The van der Waals surface area contributed by atoms with E-state index in [0.717, 1.165) is 25.0 Å². The summed E-state index contributed by atoms with van der Waals surface area (Å²) in [7, 11) is 1.56. The fourth-order valence-electron chi connectivity index (χ4n) is 3.90. The Balaban J connectivity index is 1.54. The molecule has 2 aliphatic rings. The van der Waals surface area contributed by atoms with E-state index >= 15 is 0 Å². The molecule has 3 unspecified atom stereocenters. The molecule has 0 saturated carbocycles. The molecule has 2 heterocycles. The molecule has 8 heteroatoms. The summed E-state index contributed by atoms with van der Waals surface area (Å²) in [6.07, 6.45) is 2.02. The smallest absolute Gasteiger partial charge is 0.323 e. The van der Waals surface area contributed by atoms with Crippen molar-refractivity contribution in [1.29, 1.82) is 0 Å². The zero-order valence-corrected chi connectivity index (χ0v) is 18.3. The lowest BCUT2D eigenvalue weighted by molar-refractivity contribution is -0.125. The second-order valence-electron chi connectivity index (χ2n) is 7.53. The van der Waals surface area contributed by atoms with E-state index in [0.29, 0.717) is 23.7 Å². The van der Waals surface area contributed by atoms with Crippen LogP contribution in [0.3, 0.4) is 0 Å². The van der Waals surface area contributed by atoms with Gasteiger partial charge < -0.3 is 20.1 Å². The van der Waals surface area contributed by atoms with Crippen LogP contribution in [0.4, 0.5) is 10.5 Å². The van der Waals surface area contributed by atoms with Gasteiger partial charge in [0.05, 0.1) is 18.9 Å². The minimum Gasteiger partial charge on any atom is -0.495 e. The third-order valence-corrected chi connectivity index (χ3v) is 6.82. The Bertz CT molecular complexity index is 905. The number of amides is 3. The summed E-state index contributed by atoms with van der Waals surface area (Å²) in [6.45, 7) is 1.21. The standard InChI is InChI=1S/C23H27N3O4S/c1-29-20-12-6-5-11-18(20)25-23(28)26-19(21(27)24-14-17-10-7-13-30-17)15-31-22(26)16-8-3-2-4-9-16/h2-6,8-9,11-12,17,19,22H,7,10,13-15H2,1H3,(H,24,27)(H,25,28). The fraction of sp³-hybridized carbons (Fsp3) is 0.391. The van der Waals surface area contributed by atoms with Crippen LogP contribution in [0.5, 0.6) is 5.75 Å². The lowest BCUT2D eigenvalue weighted by Crippen LogP contribution is -2.50. The largest absolute Gasteiger partial charge is 0.495 e. The predicted octanol–water partition coefficient (Wildman–Crippen LogP) is 3.64. The number of nitrogens with one attached hydrogen (secondary N) is 2. The molecular formula is C23H27N3O4S. The molecule has 2 N–H and O–H groups in total. The van der Waals surface area contributed by atoms with Gasteiger partial charge in [-0.25, -0.2) is 4.79 Å². The monoisotopic (exact) mass is 441 g/mol. The number of hydrogen-bond donors (Lipinski definition) is 2. The summed E-state index contributed by atoms with van der Waals surface area (Å²) in [5.41, 5.74) is 1.55. The zero-order chi connectivity index (χ0) is 21.6. The summed E-state index contributed by atoms with van der Waals surface area (Å²) in [6, 6.07) is 16.1. The molecule has 164 valence electrons. The summed E-state index contributed by atoms with van der Waals surface area (Å²) in [5.74, 6) is 0.936. The summed E-state index contributed by atoms with van der Waals surface area (Å²) < 4.78 is 11.0. The number of carbonyl (C=O) groups is 2. The van der Waals surface area contributed by atoms with Crippen molar-refractivity contribution in [2.24, 2.45) is 0 Å². The fourth-order valence-corrected chi connectivity index (χ4v) is 5.33. The summed E-state index contributed by atoms with van der Waals surface area (Å²) in [5, 5.41) is 5.66. The van der Waals surface area contributed by atoms with Gasteiger partial charge in [0.15, 0.2) is 0 Å². The van der Waals surface area contributed by atoms with Crippen LogP contribution in [0.15, 0.2) is 54.6 Å². The minimum absolute atomic E-state index is 0.0544. The van der Waals surface area contributed by atoms with Gasteiger partial charge in [-0.2, -0.15) is 0 Å². The Morgan fingerprint density at radius 3 is 2.68 bits per heavy atom. The van der Waals surface area contributed by atoms with Gasteiger partial charge in [0, 0.05) is 18.9 Å². The van der Waals surface area contributed by atoms with Gasteiger partial charge in [-0.3, -0.25) is 9.69 Å². The second kappa shape index (κ2) is 10.1. The highest BCUT2D eigenvalue weighted by Crippen LogP contribution is 2.42. The number of hydrogen-bond acceptors (Lipinski definition) is 5. The van der Waals surface area contributed by atoms with Gasteiger partial charge in [0.2, 0.25) is 5.91 Å². The summed E-state index contributed by atoms with van der Waals surface area (Å²) in [4.78, 5) is 28.1. The van der Waals surface area contributed by atoms with E-state index in [1.807, 2.05) is 42.5 Å². The van der Waals surface area contributed by atoms with Gasteiger partial charge in [0.25, 0.3) is 0 Å². The molecule has 3 atom stereocenters. The van der Waals surface area contributed by atoms with Crippen LogP contribution >= 0.6 is 11.8 Å². The van der Waals surface area contributed by atoms with Crippen molar-refractivity contribution < 1.29 is 19.1 Å². The maximum atomic E-state index is 13.4. The number of carbonyl (C=O) groups excluding carboxylic acids is 2. The van der Waals surface area contributed by atoms with Crippen LogP contribution in [0.1, 0.15) is 23.8 Å². The maximum Gasteiger partial charge on any atom is 0.323 e. The van der Waals surface area contributed by atoms with Crippen molar-refractivity contribution in [3.05, 3.63) is 60.2 Å². The molecular weight excluding hydrogens is 414 g/mol. The Labute approximate surface area is 186 Å². The van der Waals surface area contributed by atoms with Crippen molar-refractivity contribution in [3.63, 3.8) is 0 Å². The topological polar surface area (TPSA) is 79.9 Å². The Hall–Kier alpha value is -2.71.